The summed E-state index contributed by atoms with van der Waals surface area (Å²) < 4.78 is 7.15. The summed E-state index contributed by atoms with van der Waals surface area (Å²) in [4.78, 5) is 13.5. The average molecular weight is 297 g/mol. The van der Waals surface area contributed by atoms with Crippen molar-refractivity contribution in [3.05, 3.63) is 22.0 Å². The number of hydrogen-bond acceptors (Lipinski definition) is 7. The van der Waals surface area contributed by atoms with E-state index in [4.69, 9.17) is 10.3 Å². The molecule has 0 radical (unpaired) electrons. The van der Waals surface area contributed by atoms with Crippen molar-refractivity contribution in [2.45, 2.75) is 44.1 Å². The Balaban J connectivity index is 2.32. The zero-order valence-corrected chi connectivity index (χ0v) is 11.7. The molecule has 1 saturated heterocycles. The van der Waals surface area contributed by atoms with E-state index in [1.165, 1.54) is 10.9 Å². The van der Waals surface area contributed by atoms with Crippen molar-refractivity contribution >= 4 is 5.69 Å². The zero-order chi connectivity index (χ0) is 15.6. The van der Waals surface area contributed by atoms with Crippen LogP contribution in [0.3, 0.4) is 0 Å². The lowest BCUT2D eigenvalue weighted by atomic mass is 10.0. The van der Waals surface area contributed by atoms with Crippen LogP contribution in [-0.2, 0) is 11.8 Å². The topological polar surface area (TPSA) is 141 Å². The van der Waals surface area contributed by atoms with E-state index in [9.17, 15) is 15.2 Å². The smallest absolute Gasteiger partial charge is 0.312 e. The third-order valence-corrected chi connectivity index (χ3v) is 3.65. The number of nitrogens with zero attached hydrogens (tertiary/aromatic N) is 5. The maximum absolute atomic E-state index is 11.1. The lowest BCUT2D eigenvalue weighted by Crippen LogP contribution is -2.34. The van der Waals surface area contributed by atoms with Crippen molar-refractivity contribution in [3.63, 3.8) is 0 Å². The van der Waals surface area contributed by atoms with Crippen molar-refractivity contribution in [1.29, 1.82) is 5.53 Å². The van der Waals surface area contributed by atoms with E-state index < -0.39 is 29.3 Å². The van der Waals surface area contributed by atoms with Crippen LogP contribution >= 0.6 is 0 Å². The van der Waals surface area contributed by atoms with Gasteiger partial charge in [-0.25, -0.2) is 0 Å². The van der Waals surface area contributed by atoms with Crippen LogP contribution in [0.4, 0.5) is 5.69 Å². The Morgan fingerprint density at radius 2 is 2.38 bits per heavy atom. The van der Waals surface area contributed by atoms with Gasteiger partial charge in [-0.15, -0.1) is 0 Å². The predicted molar refractivity (Wildman–Crippen MR) is 69.5 cm³/mol. The summed E-state index contributed by atoms with van der Waals surface area (Å²) >= 11 is 0. The monoisotopic (exact) mass is 297 g/mol. The third-order valence-electron chi connectivity index (χ3n) is 3.65. The molecule has 4 atom stereocenters. The Bertz CT molecular complexity index is 581. The van der Waals surface area contributed by atoms with Crippen molar-refractivity contribution in [2.24, 2.45) is 12.2 Å². The van der Waals surface area contributed by atoms with Gasteiger partial charge in [0, 0.05) is 7.05 Å². The number of nitrogens with one attached hydrogen (secondary N) is 1. The van der Waals surface area contributed by atoms with Gasteiger partial charge < -0.3 is 9.84 Å². The fourth-order valence-electron chi connectivity index (χ4n) is 2.56. The molecule has 1 aromatic heterocycles. The van der Waals surface area contributed by atoms with E-state index >= 15 is 0 Å². The van der Waals surface area contributed by atoms with Crippen molar-refractivity contribution < 1.29 is 14.8 Å². The molecular formula is C11H17N6O4+. The van der Waals surface area contributed by atoms with Gasteiger partial charge in [-0.05, 0) is 19.8 Å². The molecule has 0 amide bonds. The fraction of sp³-hybridized carbons (Fsp3) is 0.727. The van der Waals surface area contributed by atoms with Crippen LogP contribution in [0.1, 0.15) is 31.6 Å². The average Bonchev–Trinajstić information content (AvgIpc) is 2.76. The van der Waals surface area contributed by atoms with Gasteiger partial charge in [-0.1, -0.05) is 0 Å². The van der Waals surface area contributed by atoms with Crippen LogP contribution < -0.4 is 4.91 Å². The van der Waals surface area contributed by atoms with E-state index in [0.29, 0.717) is 18.5 Å². The van der Waals surface area contributed by atoms with Crippen LogP contribution in [0.25, 0.3) is 0 Å². The van der Waals surface area contributed by atoms with Crippen LogP contribution in [0.2, 0.25) is 0 Å². The summed E-state index contributed by atoms with van der Waals surface area (Å²) in [7, 11) is 1.61. The second-order valence-electron chi connectivity index (χ2n) is 4.98. The van der Waals surface area contributed by atoms with Crippen LogP contribution in [0.5, 0.6) is 0 Å². The van der Waals surface area contributed by atoms with Crippen LogP contribution in [0.15, 0.2) is 11.3 Å². The molecule has 2 rings (SSSR count). The number of aliphatic hydroxyl groups excluding tert-OH is 1. The molecule has 0 aromatic carbocycles. The first-order valence-electron chi connectivity index (χ1n) is 6.52. The van der Waals surface area contributed by atoms with Crippen molar-refractivity contribution in [3.8, 4) is 0 Å². The standard InChI is InChI=1S/C11H17N6O4/c1-6-11(18)7(14-15-12)3-4-9(21-6)10-8(17(19)20)5-13-16(10)2/h5-7,9,11-12,18H,3-4H2,1-2H3/q+1/t6-,7+,9-,11-/m0/s1. The minimum atomic E-state index is -0.906. The van der Waals surface area contributed by atoms with E-state index in [0.717, 1.165) is 0 Å². The van der Waals surface area contributed by atoms with Gasteiger partial charge >= 0.3 is 5.69 Å². The Morgan fingerprint density at radius 3 is 3.00 bits per heavy atom. The van der Waals surface area contributed by atoms with Crippen molar-refractivity contribution in [1.82, 2.24) is 14.7 Å². The molecule has 1 fully saturated rings. The maximum atomic E-state index is 11.1. The second-order valence-corrected chi connectivity index (χ2v) is 4.98. The van der Waals surface area contributed by atoms with E-state index in [-0.39, 0.29) is 5.69 Å². The molecule has 0 unspecified atom stereocenters. The predicted octanol–water partition coefficient (Wildman–Crippen LogP) is 0.848. The lowest BCUT2D eigenvalue weighted by molar-refractivity contribution is -0.386. The summed E-state index contributed by atoms with van der Waals surface area (Å²) in [6.07, 6.45) is -0.0229. The van der Waals surface area contributed by atoms with Gasteiger partial charge in [0.15, 0.2) is 6.04 Å². The molecule has 0 aliphatic carbocycles. The Labute approximate surface area is 120 Å². The lowest BCUT2D eigenvalue weighted by Gasteiger charge is -2.21. The number of hydrogen-bond donors (Lipinski definition) is 2. The number of nitro groups is 1. The molecule has 10 heteroatoms. The van der Waals surface area contributed by atoms with Crippen LogP contribution in [0, 0.1) is 15.6 Å². The number of aliphatic hydroxyl groups is 1. The highest BCUT2D eigenvalue weighted by Gasteiger charge is 2.38. The number of ether oxygens (including phenoxy) is 1. The van der Waals surface area contributed by atoms with Gasteiger partial charge in [-0.2, -0.15) is 5.10 Å². The highest BCUT2D eigenvalue weighted by molar-refractivity contribution is 5.35. The normalized spacial score (nSPS) is 29.5. The molecule has 2 heterocycles. The van der Waals surface area contributed by atoms with Gasteiger partial charge in [-0.3, -0.25) is 14.8 Å². The third kappa shape index (κ3) is 2.97. The van der Waals surface area contributed by atoms with Crippen molar-refractivity contribution in [2.75, 3.05) is 0 Å². The molecular weight excluding hydrogens is 280 g/mol. The van der Waals surface area contributed by atoms with Gasteiger partial charge in [0.1, 0.15) is 34.7 Å². The first-order chi connectivity index (χ1) is 9.95. The first kappa shape index (κ1) is 15.2. The molecule has 10 nitrogen and oxygen atoms in total. The summed E-state index contributed by atoms with van der Waals surface area (Å²) in [5.41, 5.74) is 7.04. The first-order valence-corrected chi connectivity index (χ1v) is 6.52. The molecule has 114 valence electrons. The second kappa shape index (κ2) is 6.08. The summed E-state index contributed by atoms with van der Waals surface area (Å²) in [6.45, 7) is 1.66. The molecule has 21 heavy (non-hydrogen) atoms. The number of aryl methyl sites for hydroxylation is 1. The molecule has 0 bridgehead atoms. The Hall–Kier alpha value is -2.16. The SMILES string of the molecule is C[C@@H]1O[C@H](c2c([N+](=O)[O-])cnn2C)CC[C@@H](N=[N+]=N)[C@H]1O. The highest BCUT2D eigenvalue weighted by atomic mass is 16.6. The minimum Gasteiger partial charge on any atom is -0.388 e. The van der Waals surface area contributed by atoms with Gasteiger partial charge in [0.05, 0.1) is 11.0 Å². The van der Waals surface area contributed by atoms with Gasteiger partial charge in [0.25, 0.3) is 0 Å². The summed E-state index contributed by atoms with van der Waals surface area (Å²) in [5.74, 6) is 0. The molecule has 0 spiro atoms. The number of rotatable bonds is 3. The van der Waals surface area contributed by atoms with Crippen LogP contribution in [-0.4, -0.2) is 38.1 Å². The summed E-state index contributed by atoms with van der Waals surface area (Å²) in [5, 5.41) is 28.7. The Morgan fingerprint density at radius 1 is 1.67 bits per heavy atom. The minimum absolute atomic E-state index is 0.107. The van der Waals surface area contributed by atoms with E-state index in [2.05, 4.69) is 15.1 Å². The quantitative estimate of drug-likeness (QED) is 0.368. The highest BCUT2D eigenvalue weighted by Crippen LogP contribution is 2.35. The molecule has 0 saturated carbocycles. The molecule has 1 aliphatic heterocycles. The van der Waals surface area contributed by atoms with E-state index in [1.807, 2.05) is 0 Å². The fourth-order valence-corrected chi connectivity index (χ4v) is 2.56. The molecule has 1 aromatic rings. The summed E-state index contributed by atoms with van der Waals surface area (Å²) in [6, 6.07) is -0.546. The largest absolute Gasteiger partial charge is 0.388 e. The van der Waals surface area contributed by atoms with Gasteiger partial charge in [0.2, 0.25) is 4.91 Å². The Kier molecular flexibility index (Phi) is 4.41. The zero-order valence-electron chi connectivity index (χ0n) is 11.7. The molecule has 1 aliphatic rings. The van der Waals surface area contributed by atoms with E-state index in [1.54, 1.807) is 14.0 Å². The molecule has 2 N–H and O–H groups in total. The maximum Gasteiger partial charge on any atom is 0.312 e. The number of aromatic nitrogens is 2.